The van der Waals surface area contributed by atoms with Crippen LogP contribution in [0.25, 0.3) is 44.7 Å². The third-order valence-corrected chi connectivity index (χ3v) is 30.9. The second-order valence-electron chi connectivity index (χ2n) is 32.7. The summed E-state index contributed by atoms with van der Waals surface area (Å²) >= 11 is 10.8. The minimum absolute atomic E-state index is 0.0145. The van der Waals surface area contributed by atoms with Crippen molar-refractivity contribution in [2.45, 2.75) is 192 Å². The first-order valence-corrected chi connectivity index (χ1v) is 53.7. The fraction of sp³-hybridized carbons (Fsp3) is 0.600. The number of aliphatic hydroxyl groups excluding tert-OH is 1. The molecule has 34 atom stereocenters. The largest absolute Gasteiger partial charge is 0.780 e. The van der Waals surface area contributed by atoms with Gasteiger partial charge in [-0.05, 0) is 19.4 Å². The van der Waals surface area contributed by atoms with Crippen molar-refractivity contribution in [2.24, 2.45) is 0 Å². The van der Waals surface area contributed by atoms with Crippen LogP contribution in [0.5, 0.6) is 0 Å². The fourth-order valence-electron chi connectivity index (χ4n) is 17.4. The fourth-order valence-corrected chi connectivity index (χ4v) is 24.0. The molecule has 13 N–H and O–H groups in total. The molecule has 0 spiro atoms. The van der Waals surface area contributed by atoms with Gasteiger partial charge in [-0.2, -0.15) is 9.97 Å². The summed E-state index contributed by atoms with van der Waals surface area (Å²) in [5.74, 6) is -0.746. The highest BCUT2D eigenvalue weighted by atomic mass is 32.7. The van der Waals surface area contributed by atoms with E-state index in [4.69, 9.17) is 158 Å². The number of imidazole rings is 4. The van der Waals surface area contributed by atoms with Crippen LogP contribution in [-0.2, 0) is 158 Å². The lowest BCUT2D eigenvalue weighted by Crippen LogP contribution is -2.40. The number of methoxy groups -OCH3 is 5. The summed E-state index contributed by atoms with van der Waals surface area (Å²) in [4.78, 5) is 198. The number of H-pyrrole nitrogens is 4. The first-order valence-electron chi connectivity index (χ1n) is 42.7. The predicted octanol–water partition coefficient (Wildman–Crippen LogP) is -5.42. The standard InChI is InChI=1S/C70H92F2N24O41P6S2/c1-8-26-45(50(116-5)64(126-26)93-21-81-37-53(74)77-19-79-55(37)93)134-140(108,109)119-14-28-43(35(71)61(128-28)91-12-10-34(97)86-70(91)103)132-139(106,107)122-17-31-47(51(117-6)66(130-31)96-24-84-39-57(96)87-67(76)89-59(39)99)135-141(110,111)120-15-29-44(36(72)62(129-29)95-23-83-40-58(95)88-68(101)90-60(40)100)133-138(104,105)121-16-30-46(42(114-3)25(2)125-30)136-143(113,145)124-18-32-48(52(118-7)65(131-32)94-22-82-38-54(75)78-20-80-56(38)94)137-142(112,144)123-13-27-41(98)49(115-4)63(127-27)92-11-9-33(73)85-69(92)102/h9-12,19-32,35-36,41-52,61-66,98H,8,13-18H2,1-7H3,(H,104,105)(H,106,107)(H,108,109)(H,110,111)(H,112,144)(H,113,145)(H2,73,85,102)(H2,74,77,79)(H2,75,78,80)(H,86,97,103)(H3,76,87,89,99)(H2,88,90,100,101)/p-6/t25-,26+,27+,28+,29+,30+,31+,32+,35-,36-,41?,42+,43?,44?,45?,46?,47?,48?,49-,50-,51-,52-,61+,62+,63+,64+,65+,66+,142?,143?/m0/s1. The van der Waals surface area contributed by atoms with E-state index in [1.54, 1.807) is 6.92 Å². The van der Waals surface area contributed by atoms with E-state index in [1.807, 2.05) is 9.97 Å². The van der Waals surface area contributed by atoms with Crippen molar-refractivity contribution >= 4 is 137 Å². The number of nitrogens with two attached hydrogens (primary N) is 4. The number of aromatic amines is 4. The van der Waals surface area contributed by atoms with E-state index < -0.39 is 318 Å². The third-order valence-electron chi connectivity index (χ3n) is 23.9. The number of rotatable bonds is 42. The van der Waals surface area contributed by atoms with Gasteiger partial charge in [0.15, 0.2) is 96.1 Å². The molecular formula is C70H86F2N24O41P6S2-6. The molecule has 75 heteroatoms. The van der Waals surface area contributed by atoms with E-state index in [0.29, 0.717) is 9.13 Å². The van der Waals surface area contributed by atoms with Gasteiger partial charge in [0.2, 0.25) is 5.95 Å². The smallest absolute Gasteiger partial charge is 0.351 e. The molecule has 17 heterocycles. The van der Waals surface area contributed by atoms with Crippen molar-refractivity contribution in [3.63, 3.8) is 0 Å². The Morgan fingerprint density at radius 1 is 0.434 bits per heavy atom. The van der Waals surface area contributed by atoms with Gasteiger partial charge in [0.25, 0.3) is 48.0 Å². The van der Waals surface area contributed by atoms with E-state index in [-0.39, 0.29) is 46.2 Å². The topological polar surface area (TPSA) is 871 Å². The maximum absolute atomic E-state index is 17.7. The van der Waals surface area contributed by atoms with Gasteiger partial charge in [0.1, 0.15) is 152 Å². The first-order chi connectivity index (χ1) is 68.7. The van der Waals surface area contributed by atoms with E-state index >= 15 is 8.78 Å². The SMILES string of the molecule is CC[C@H]1O[C@@H](n2cnc3c(N)ncnc32)[C@@H](OC)C1OP(=O)([O-])OC[C@H]1O[C@@H](n2ccc(=O)[nH]c2=O)[C@@H](F)C1OP(=O)([O-])OC[C@H]1O[C@@H](n2cnc3c(=O)[nH]c(N)nc32)[C@@H](OC)C1OP(=O)([O-])OC[C@H]1O[C@@H](n2cnc3c(=O)[nH]c(=O)[nH]c32)[C@@H](F)C1OP(=O)([O-])OC[C@H]1O[C@@H](C)[C@@H](OC)C1OP([O-])(=S)OC[C@H]1O[C@@H](n2cnc3c(N)ncnc32)[C@@H](OC)C1OP(=O)([S-])OC[C@H]1O[C@@H](n2ccc(N)nc2=O)[C@@H](OC)C1O. The zero-order valence-corrected chi connectivity index (χ0v) is 82.4. The molecule has 7 saturated heterocycles. The van der Waals surface area contributed by atoms with Gasteiger partial charge >= 0.3 is 17.1 Å². The van der Waals surface area contributed by atoms with Gasteiger partial charge in [0.05, 0.1) is 77.2 Å². The van der Waals surface area contributed by atoms with Crippen molar-refractivity contribution in [3.8, 4) is 0 Å². The molecule has 10 aromatic heterocycles. The van der Waals surface area contributed by atoms with Crippen molar-refractivity contribution in [1.82, 2.24) is 97.2 Å². The molecule has 10 aromatic rings. The number of hydrogen-bond donors (Lipinski definition) is 9. The summed E-state index contributed by atoms with van der Waals surface area (Å²) in [6, 6.07) is 2.01. The molecule has 0 bridgehead atoms. The average molecular weight is 2210 g/mol. The Labute approximate surface area is 817 Å². The number of nitrogens with zero attached hydrogens (tertiary/aromatic N) is 16. The lowest BCUT2D eigenvalue weighted by atomic mass is 10.1. The number of nitrogens with one attached hydrogen (secondary N) is 4. The second-order valence-corrected chi connectivity index (χ2v) is 43.6. The van der Waals surface area contributed by atoms with Crippen molar-refractivity contribution in [1.29, 1.82) is 0 Å². The van der Waals surface area contributed by atoms with Crippen LogP contribution in [0, 0.1) is 0 Å². The maximum Gasteiger partial charge on any atom is 0.351 e. The summed E-state index contributed by atoms with van der Waals surface area (Å²) in [5.41, 5.74) is 15.6. The normalized spacial score (nSPS) is 32.8. The minimum atomic E-state index is -6.32. The maximum atomic E-state index is 17.7. The molecule has 17 rings (SSSR count). The Morgan fingerprint density at radius 3 is 1.35 bits per heavy atom. The van der Waals surface area contributed by atoms with E-state index in [2.05, 4.69) is 59.8 Å². The number of anilines is 4. The minimum Gasteiger partial charge on any atom is -0.780 e. The Bertz CT molecular complexity index is 7140. The van der Waals surface area contributed by atoms with Gasteiger partial charge in [-0.1, -0.05) is 18.7 Å². The van der Waals surface area contributed by atoms with Crippen LogP contribution in [0.15, 0.2) is 91.3 Å². The van der Waals surface area contributed by atoms with E-state index in [0.717, 1.165) is 60.9 Å². The van der Waals surface area contributed by atoms with Gasteiger partial charge in [-0.15, -0.1) is 0 Å². The van der Waals surface area contributed by atoms with Crippen LogP contribution in [0.2, 0.25) is 0 Å². The first kappa shape index (κ1) is 107. The molecule has 7 aliphatic heterocycles. The Balaban J connectivity index is 0.593. The number of alkyl halides is 2. The molecule has 145 heavy (non-hydrogen) atoms. The van der Waals surface area contributed by atoms with Crippen LogP contribution in [0.3, 0.4) is 0 Å². The number of halogens is 2. The zero-order chi connectivity index (χ0) is 104. The zero-order valence-electron chi connectivity index (χ0n) is 75.4. The van der Waals surface area contributed by atoms with Gasteiger partial charge in [-0.3, -0.25) is 84.5 Å². The van der Waals surface area contributed by atoms with Gasteiger partial charge < -0.3 is 176 Å². The molecule has 13 unspecified atom stereocenters. The number of fused-ring (bicyclic) bond motifs is 4. The molecule has 0 radical (unpaired) electrons. The summed E-state index contributed by atoms with van der Waals surface area (Å²) < 4.78 is 249. The van der Waals surface area contributed by atoms with Crippen molar-refractivity contribution in [3.05, 3.63) is 125 Å². The molecule has 0 aromatic carbocycles. The summed E-state index contributed by atoms with van der Waals surface area (Å²) in [5, 5.41) is 11.3. The second kappa shape index (κ2) is 42.9. The summed E-state index contributed by atoms with van der Waals surface area (Å²) in [7, 11) is -19.0. The summed E-state index contributed by atoms with van der Waals surface area (Å²) in [6.45, 7) is -14.5. The van der Waals surface area contributed by atoms with Crippen LogP contribution in [-0.4, -0.2) is 312 Å². The molecular weight excluding hydrogens is 2120 g/mol. The molecule has 0 saturated carbocycles. The van der Waals surface area contributed by atoms with E-state index in [9.17, 15) is 81.2 Å². The lowest BCUT2D eigenvalue weighted by Gasteiger charge is -2.36. The molecule has 7 fully saturated rings. The van der Waals surface area contributed by atoms with Gasteiger partial charge in [0, 0.05) is 54.0 Å². The van der Waals surface area contributed by atoms with Crippen molar-refractivity contribution < 1.29 is 172 Å². The van der Waals surface area contributed by atoms with E-state index in [1.165, 1.54) is 62.3 Å². The van der Waals surface area contributed by atoms with Crippen LogP contribution in [0.1, 0.15) is 57.6 Å². The highest BCUT2D eigenvalue weighted by Crippen LogP contribution is 2.57. The molecule has 65 nitrogen and oxygen atoms in total. The summed E-state index contributed by atoms with van der Waals surface area (Å²) in [6.07, 6.45) is -43.1. The van der Waals surface area contributed by atoms with Crippen LogP contribution in [0.4, 0.5) is 32.2 Å². The highest BCUT2D eigenvalue weighted by Gasteiger charge is 2.58. The Morgan fingerprint density at radius 2 is 0.841 bits per heavy atom. The molecule has 0 amide bonds. The van der Waals surface area contributed by atoms with Gasteiger partial charge in [-0.25, -0.2) is 63.0 Å². The number of aliphatic hydroxyl groups is 1. The lowest BCUT2D eigenvalue weighted by molar-refractivity contribution is -0.240. The average Bonchev–Trinajstić information content (AvgIpc) is 2.32. The predicted molar refractivity (Wildman–Crippen MR) is 470 cm³/mol. The van der Waals surface area contributed by atoms with Crippen LogP contribution < -0.4 is 81.1 Å². The van der Waals surface area contributed by atoms with Crippen LogP contribution >= 0.6 is 44.8 Å². The number of nitrogen functional groups attached to an aromatic ring is 4. The number of phosphoric acid groups is 4. The third kappa shape index (κ3) is 22.4. The Kier molecular flexibility index (Phi) is 31.8. The molecule has 0 aliphatic carbocycles. The number of hydrogen-bond acceptors (Lipinski definition) is 57. The monoisotopic (exact) mass is 2210 g/mol. The molecule has 7 aliphatic rings. The quantitative estimate of drug-likeness (QED) is 0.0127. The van der Waals surface area contributed by atoms with Crippen molar-refractivity contribution in [2.75, 3.05) is 98.1 Å². The number of aromatic nitrogens is 20. The highest BCUT2D eigenvalue weighted by molar-refractivity contribution is 8.32. The Hall–Kier alpha value is -8.83. The number of ether oxygens (including phenoxy) is 12. The molecule has 794 valence electrons. The number of phosphoric ester groups is 4.